The van der Waals surface area contributed by atoms with E-state index in [0.29, 0.717) is 6.42 Å². The number of anilines is 1. The second-order valence-corrected chi connectivity index (χ2v) is 3.85. The van der Waals surface area contributed by atoms with E-state index in [4.69, 9.17) is 5.73 Å². The molecule has 1 aliphatic rings. The van der Waals surface area contributed by atoms with E-state index < -0.39 is 0 Å². The highest BCUT2D eigenvalue weighted by Crippen LogP contribution is 2.33. The Morgan fingerprint density at radius 3 is 2.71 bits per heavy atom. The fourth-order valence-electron chi connectivity index (χ4n) is 1.97. The Bertz CT molecular complexity index is 399. The highest BCUT2D eigenvalue weighted by Gasteiger charge is 2.24. The number of benzene rings is 1. The number of amides is 1. The lowest BCUT2D eigenvalue weighted by atomic mass is 9.91. The molecular weight excluding hydrogens is 176 g/mol. The summed E-state index contributed by atoms with van der Waals surface area (Å²) >= 11 is 0. The second kappa shape index (κ2) is 3.10. The van der Waals surface area contributed by atoms with Crippen molar-refractivity contribution >= 4 is 11.6 Å². The van der Waals surface area contributed by atoms with Gasteiger partial charge in [0, 0.05) is 18.2 Å². The molecule has 1 heterocycles. The van der Waals surface area contributed by atoms with E-state index in [1.165, 1.54) is 0 Å². The van der Waals surface area contributed by atoms with E-state index >= 15 is 0 Å². The molecule has 0 aliphatic carbocycles. The first-order chi connectivity index (χ1) is 6.59. The molecule has 3 nitrogen and oxygen atoms in total. The third kappa shape index (κ3) is 1.30. The minimum atomic E-state index is -0.154. The summed E-state index contributed by atoms with van der Waals surface area (Å²) in [5, 5.41) is 2.88. The van der Waals surface area contributed by atoms with Gasteiger partial charge in [0.15, 0.2) is 0 Å². The van der Waals surface area contributed by atoms with Crippen LogP contribution in [0.4, 0.5) is 5.69 Å². The fourth-order valence-corrected chi connectivity index (χ4v) is 1.97. The molecule has 74 valence electrons. The SMILES string of the molecule is Cc1ccc(C)c2c1NC(=O)CC2N. The largest absolute Gasteiger partial charge is 0.325 e. The zero-order chi connectivity index (χ0) is 10.3. The number of carbonyl (C=O) groups is 1. The summed E-state index contributed by atoms with van der Waals surface area (Å²) in [5.74, 6) is 0.0127. The van der Waals surface area contributed by atoms with Crippen LogP contribution in [-0.2, 0) is 4.79 Å². The molecule has 0 bridgehead atoms. The molecule has 0 radical (unpaired) electrons. The minimum Gasteiger partial charge on any atom is -0.325 e. The van der Waals surface area contributed by atoms with Crippen LogP contribution in [0.15, 0.2) is 12.1 Å². The van der Waals surface area contributed by atoms with E-state index in [2.05, 4.69) is 5.32 Å². The molecule has 1 unspecified atom stereocenters. The first-order valence-electron chi connectivity index (χ1n) is 4.75. The van der Waals surface area contributed by atoms with Crippen molar-refractivity contribution in [2.75, 3.05) is 5.32 Å². The maximum atomic E-state index is 11.3. The van der Waals surface area contributed by atoms with Crippen molar-refractivity contribution < 1.29 is 4.79 Å². The van der Waals surface area contributed by atoms with E-state index in [9.17, 15) is 4.79 Å². The number of hydrogen-bond acceptors (Lipinski definition) is 2. The number of hydrogen-bond donors (Lipinski definition) is 2. The summed E-state index contributed by atoms with van der Waals surface area (Å²) < 4.78 is 0. The van der Waals surface area contributed by atoms with Crippen LogP contribution in [0.1, 0.15) is 29.2 Å². The molecule has 1 aromatic rings. The van der Waals surface area contributed by atoms with Gasteiger partial charge >= 0.3 is 0 Å². The Morgan fingerprint density at radius 1 is 1.36 bits per heavy atom. The molecule has 14 heavy (non-hydrogen) atoms. The van der Waals surface area contributed by atoms with Crippen LogP contribution in [0, 0.1) is 13.8 Å². The van der Waals surface area contributed by atoms with Crippen molar-refractivity contribution in [2.24, 2.45) is 5.73 Å². The van der Waals surface area contributed by atoms with Crippen LogP contribution in [0.25, 0.3) is 0 Å². The van der Waals surface area contributed by atoms with E-state index in [1.807, 2.05) is 26.0 Å². The van der Waals surface area contributed by atoms with Gasteiger partial charge in [-0.15, -0.1) is 0 Å². The Balaban J connectivity index is 2.63. The summed E-state index contributed by atoms with van der Waals surface area (Å²) in [6.45, 7) is 4.01. The topological polar surface area (TPSA) is 55.1 Å². The lowest BCUT2D eigenvalue weighted by Gasteiger charge is -2.25. The third-order valence-corrected chi connectivity index (χ3v) is 2.71. The Kier molecular flexibility index (Phi) is 2.04. The van der Waals surface area contributed by atoms with Crippen molar-refractivity contribution in [3.05, 3.63) is 28.8 Å². The molecule has 1 amide bonds. The zero-order valence-corrected chi connectivity index (χ0v) is 8.42. The second-order valence-electron chi connectivity index (χ2n) is 3.85. The normalized spacial score (nSPS) is 20.2. The minimum absolute atomic E-state index is 0.0127. The predicted octanol–water partition coefficient (Wildman–Crippen LogP) is 1.65. The van der Waals surface area contributed by atoms with Crippen LogP contribution < -0.4 is 11.1 Å². The molecule has 3 N–H and O–H groups in total. The number of carbonyl (C=O) groups excluding carboxylic acids is 1. The van der Waals surface area contributed by atoms with Crippen molar-refractivity contribution in [1.82, 2.24) is 0 Å². The van der Waals surface area contributed by atoms with Gasteiger partial charge in [0.1, 0.15) is 0 Å². The Morgan fingerprint density at radius 2 is 2.00 bits per heavy atom. The highest BCUT2D eigenvalue weighted by molar-refractivity contribution is 5.95. The van der Waals surface area contributed by atoms with Gasteiger partial charge in [0.25, 0.3) is 0 Å². The first kappa shape index (κ1) is 9.21. The number of nitrogens with one attached hydrogen (secondary N) is 1. The standard InChI is InChI=1S/C11H14N2O/c1-6-3-4-7(2)11-10(6)8(12)5-9(14)13-11/h3-4,8H,5,12H2,1-2H3,(H,13,14). The molecule has 0 saturated heterocycles. The van der Waals surface area contributed by atoms with Crippen molar-refractivity contribution in [1.29, 1.82) is 0 Å². The van der Waals surface area contributed by atoms with E-state index in [1.54, 1.807) is 0 Å². The van der Waals surface area contributed by atoms with Gasteiger partial charge in [-0.05, 0) is 30.5 Å². The highest BCUT2D eigenvalue weighted by atomic mass is 16.1. The summed E-state index contributed by atoms with van der Waals surface area (Å²) in [4.78, 5) is 11.3. The molecule has 0 spiro atoms. The average Bonchev–Trinajstić information content (AvgIpc) is 2.10. The molecule has 1 atom stereocenters. The van der Waals surface area contributed by atoms with Gasteiger partial charge in [-0.25, -0.2) is 0 Å². The van der Waals surface area contributed by atoms with Crippen LogP contribution in [-0.4, -0.2) is 5.91 Å². The van der Waals surface area contributed by atoms with Gasteiger partial charge in [-0.2, -0.15) is 0 Å². The monoisotopic (exact) mass is 190 g/mol. The maximum absolute atomic E-state index is 11.3. The molecule has 0 aromatic heterocycles. The number of fused-ring (bicyclic) bond motifs is 1. The number of rotatable bonds is 0. The zero-order valence-electron chi connectivity index (χ0n) is 8.42. The number of nitrogens with two attached hydrogens (primary N) is 1. The van der Waals surface area contributed by atoms with Crippen LogP contribution in [0.3, 0.4) is 0 Å². The lowest BCUT2D eigenvalue weighted by molar-refractivity contribution is -0.116. The third-order valence-electron chi connectivity index (χ3n) is 2.71. The summed E-state index contributed by atoms with van der Waals surface area (Å²) in [6, 6.07) is 3.90. The Labute approximate surface area is 83.3 Å². The lowest BCUT2D eigenvalue weighted by Crippen LogP contribution is -2.28. The molecular formula is C11H14N2O. The number of aryl methyl sites for hydroxylation is 2. The summed E-state index contributed by atoms with van der Waals surface area (Å²) in [6.07, 6.45) is 0.386. The Hall–Kier alpha value is -1.35. The van der Waals surface area contributed by atoms with E-state index in [0.717, 1.165) is 22.4 Å². The maximum Gasteiger partial charge on any atom is 0.226 e. The predicted molar refractivity (Wildman–Crippen MR) is 56.1 cm³/mol. The molecule has 2 rings (SSSR count). The van der Waals surface area contributed by atoms with Gasteiger partial charge in [0.2, 0.25) is 5.91 Å². The molecule has 0 fully saturated rings. The van der Waals surface area contributed by atoms with E-state index in [-0.39, 0.29) is 11.9 Å². The first-order valence-corrected chi connectivity index (χ1v) is 4.75. The van der Waals surface area contributed by atoms with Gasteiger partial charge in [0.05, 0.1) is 0 Å². The van der Waals surface area contributed by atoms with Crippen molar-refractivity contribution in [3.63, 3.8) is 0 Å². The summed E-state index contributed by atoms with van der Waals surface area (Å²) in [5.41, 5.74) is 10.2. The van der Waals surface area contributed by atoms with Crippen molar-refractivity contribution in [2.45, 2.75) is 26.3 Å². The van der Waals surface area contributed by atoms with Crippen molar-refractivity contribution in [3.8, 4) is 0 Å². The average molecular weight is 190 g/mol. The van der Waals surface area contributed by atoms with Gasteiger partial charge in [-0.1, -0.05) is 12.1 Å². The van der Waals surface area contributed by atoms with Gasteiger partial charge < -0.3 is 11.1 Å². The van der Waals surface area contributed by atoms with Gasteiger partial charge in [-0.3, -0.25) is 4.79 Å². The van der Waals surface area contributed by atoms with Crippen LogP contribution in [0.2, 0.25) is 0 Å². The molecule has 1 aliphatic heterocycles. The quantitative estimate of drug-likeness (QED) is 0.653. The molecule has 0 saturated carbocycles. The summed E-state index contributed by atoms with van der Waals surface area (Å²) in [7, 11) is 0. The fraction of sp³-hybridized carbons (Fsp3) is 0.364. The smallest absolute Gasteiger partial charge is 0.226 e. The molecule has 3 heteroatoms. The van der Waals surface area contributed by atoms with Crippen LogP contribution >= 0.6 is 0 Å². The van der Waals surface area contributed by atoms with Crippen LogP contribution in [0.5, 0.6) is 0 Å². The molecule has 1 aromatic carbocycles.